The first-order chi connectivity index (χ1) is 9.69. The number of hydrogen-bond donors (Lipinski definition) is 0. The molecule has 2 nitrogen and oxygen atoms in total. The molecule has 102 valence electrons. The Morgan fingerprint density at radius 2 is 1.80 bits per heavy atom. The summed E-state index contributed by atoms with van der Waals surface area (Å²) in [6.45, 7) is 4.22. The summed E-state index contributed by atoms with van der Waals surface area (Å²) in [5.41, 5.74) is 3.84. The van der Waals surface area contributed by atoms with Gasteiger partial charge in [-0.15, -0.1) is 0 Å². The van der Waals surface area contributed by atoms with Crippen LogP contribution in [0.3, 0.4) is 0 Å². The Bertz CT molecular complexity index is 599. The van der Waals surface area contributed by atoms with E-state index in [0.717, 1.165) is 12.2 Å². The van der Waals surface area contributed by atoms with E-state index in [1.165, 1.54) is 16.7 Å². The minimum atomic E-state index is -0.404. The first-order valence-corrected chi connectivity index (χ1v) is 6.86. The first-order valence-electron chi connectivity index (χ1n) is 6.86. The molecule has 0 aliphatic heterocycles. The first kappa shape index (κ1) is 14.1. The summed E-state index contributed by atoms with van der Waals surface area (Å²) >= 11 is 0. The van der Waals surface area contributed by atoms with Crippen molar-refractivity contribution in [3.05, 3.63) is 65.2 Å². The highest BCUT2D eigenvalue weighted by molar-refractivity contribution is 5.30. The molecule has 1 unspecified atom stereocenters. The molecule has 0 aromatic heterocycles. The van der Waals surface area contributed by atoms with Crippen molar-refractivity contribution in [3.63, 3.8) is 0 Å². The van der Waals surface area contributed by atoms with Crippen molar-refractivity contribution in [2.24, 2.45) is 0 Å². The molecule has 2 rings (SSSR count). The van der Waals surface area contributed by atoms with Gasteiger partial charge in [0.1, 0.15) is 11.8 Å². The summed E-state index contributed by atoms with van der Waals surface area (Å²) in [5.74, 6) is 0.749. The van der Waals surface area contributed by atoms with Crippen LogP contribution in [0.1, 0.15) is 23.1 Å². The monoisotopic (exact) mass is 265 g/mol. The molecule has 0 fully saturated rings. The van der Waals surface area contributed by atoms with E-state index in [-0.39, 0.29) is 0 Å². The lowest BCUT2D eigenvalue weighted by Gasteiger charge is -2.12. The number of para-hydroxylation sites is 1. The molecule has 2 aromatic rings. The standard InChI is InChI=1S/C18H19NO/c1-14-8-9-16(12-15(14)2)10-11-18(13-19)20-17-6-4-3-5-7-17/h3-9,12,18H,10-11H2,1-2H3. The summed E-state index contributed by atoms with van der Waals surface area (Å²) in [4.78, 5) is 0. The molecule has 0 aliphatic rings. The summed E-state index contributed by atoms with van der Waals surface area (Å²) < 4.78 is 5.68. The number of nitriles is 1. The van der Waals surface area contributed by atoms with Gasteiger partial charge in [-0.25, -0.2) is 0 Å². The highest BCUT2D eigenvalue weighted by Crippen LogP contribution is 2.16. The van der Waals surface area contributed by atoms with Crippen LogP contribution in [0.4, 0.5) is 0 Å². The number of ether oxygens (including phenoxy) is 1. The van der Waals surface area contributed by atoms with Crippen molar-refractivity contribution < 1.29 is 4.74 Å². The van der Waals surface area contributed by atoms with Crippen LogP contribution in [0.15, 0.2) is 48.5 Å². The fraction of sp³-hybridized carbons (Fsp3) is 0.278. The maximum atomic E-state index is 9.19. The highest BCUT2D eigenvalue weighted by Gasteiger charge is 2.09. The van der Waals surface area contributed by atoms with E-state index >= 15 is 0 Å². The topological polar surface area (TPSA) is 33.0 Å². The van der Waals surface area contributed by atoms with Crippen molar-refractivity contribution in [2.45, 2.75) is 32.8 Å². The van der Waals surface area contributed by atoms with E-state index in [1.54, 1.807) is 0 Å². The molecule has 0 spiro atoms. The van der Waals surface area contributed by atoms with Gasteiger partial charge in [-0.05, 0) is 49.1 Å². The summed E-state index contributed by atoms with van der Waals surface area (Å²) in [7, 11) is 0. The van der Waals surface area contributed by atoms with Crippen LogP contribution in [0.5, 0.6) is 5.75 Å². The second kappa shape index (κ2) is 6.77. The molecule has 0 saturated heterocycles. The van der Waals surface area contributed by atoms with Gasteiger partial charge in [-0.2, -0.15) is 5.26 Å². The van der Waals surface area contributed by atoms with Gasteiger partial charge >= 0.3 is 0 Å². The molecule has 0 bridgehead atoms. The van der Waals surface area contributed by atoms with E-state index in [2.05, 4.69) is 38.1 Å². The Kier molecular flexibility index (Phi) is 4.79. The fourth-order valence-corrected chi connectivity index (χ4v) is 2.07. The fourth-order valence-electron chi connectivity index (χ4n) is 2.07. The van der Waals surface area contributed by atoms with Crippen molar-refractivity contribution in [1.29, 1.82) is 5.26 Å². The van der Waals surface area contributed by atoms with E-state index < -0.39 is 6.10 Å². The lowest BCUT2D eigenvalue weighted by atomic mass is 10.0. The van der Waals surface area contributed by atoms with E-state index in [1.807, 2.05) is 30.3 Å². The van der Waals surface area contributed by atoms with Crippen LogP contribution in [0.2, 0.25) is 0 Å². The van der Waals surface area contributed by atoms with Crippen molar-refractivity contribution in [3.8, 4) is 11.8 Å². The van der Waals surface area contributed by atoms with Gasteiger partial charge in [-0.1, -0.05) is 36.4 Å². The molecule has 0 radical (unpaired) electrons. The molecule has 0 N–H and O–H groups in total. The largest absolute Gasteiger partial charge is 0.476 e. The number of aryl methyl sites for hydroxylation is 3. The van der Waals surface area contributed by atoms with Gasteiger partial charge < -0.3 is 4.74 Å². The van der Waals surface area contributed by atoms with Crippen LogP contribution in [0, 0.1) is 25.2 Å². The smallest absolute Gasteiger partial charge is 0.184 e. The van der Waals surface area contributed by atoms with Crippen LogP contribution in [-0.4, -0.2) is 6.10 Å². The van der Waals surface area contributed by atoms with Gasteiger partial charge in [0.05, 0.1) is 0 Å². The predicted octanol–water partition coefficient (Wildman–Crippen LogP) is 4.21. The normalized spacial score (nSPS) is 11.7. The third kappa shape index (κ3) is 3.86. The quantitative estimate of drug-likeness (QED) is 0.811. The average molecular weight is 265 g/mol. The van der Waals surface area contributed by atoms with Gasteiger partial charge in [0.2, 0.25) is 0 Å². The molecule has 0 heterocycles. The number of benzene rings is 2. The van der Waals surface area contributed by atoms with Crippen LogP contribution >= 0.6 is 0 Å². The zero-order valence-corrected chi connectivity index (χ0v) is 12.0. The molecule has 0 amide bonds. The third-order valence-electron chi connectivity index (χ3n) is 3.43. The van der Waals surface area contributed by atoms with E-state index in [0.29, 0.717) is 6.42 Å². The molecular weight excluding hydrogens is 246 g/mol. The van der Waals surface area contributed by atoms with Crippen molar-refractivity contribution >= 4 is 0 Å². The van der Waals surface area contributed by atoms with Gasteiger partial charge in [0.15, 0.2) is 6.10 Å². The van der Waals surface area contributed by atoms with E-state index in [9.17, 15) is 5.26 Å². The Labute approximate surface area is 120 Å². The summed E-state index contributed by atoms with van der Waals surface area (Å²) in [6.07, 6.45) is 1.15. The number of nitrogens with zero attached hydrogens (tertiary/aromatic N) is 1. The van der Waals surface area contributed by atoms with Gasteiger partial charge in [0.25, 0.3) is 0 Å². The second-order valence-electron chi connectivity index (χ2n) is 5.01. The number of hydrogen-bond acceptors (Lipinski definition) is 2. The van der Waals surface area contributed by atoms with Crippen molar-refractivity contribution in [1.82, 2.24) is 0 Å². The molecule has 0 aliphatic carbocycles. The predicted molar refractivity (Wildman–Crippen MR) is 80.7 cm³/mol. The minimum absolute atomic E-state index is 0.404. The van der Waals surface area contributed by atoms with Crippen LogP contribution in [0.25, 0.3) is 0 Å². The third-order valence-corrected chi connectivity index (χ3v) is 3.43. The zero-order valence-electron chi connectivity index (χ0n) is 12.0. The minimum Gasteiger partial charge on any atom is -0.476 e. The second-order valence-corrected chi connectivity index (χ2v) is 5.01. The maximum absolute atomic E-state index is 9.19. The summed E-state index contributed by atoms with van der Waals surface area (Å²) in [5, 5.41) is 9.19. The molecule has 2 aromatic carbocycles. The van der Waals surface area contributed by atoms with Gasteiger partial charge in [-0.3, -0.25) is 0 Å². The maximum Gasteiger partial charge on any atom is 0.184 e. The Balaban J connectivity index is 1.94. The van der Waals surface area contributed by atoms with Crippen LogP contribution < -0.4 is 4.74 Å². The van der Waals surface area contributed by atoms with E-state index in [4.69, 9.17) is 4.74 Å². The lowest BCUT2D eigenvalue weighted by Crippen LogP contribution is -2.15. The molecule has 0 saturated carbocycles. The Morgan fingerprint density at radius 3 is 2.45 bits per heavy atom. The number of rotatable bonds is 5. The molecular formula is C18H19NO. The Morgan fingerprint density at radius 1 is 1.05 bits per heavy atom. The molecule has 2 heteroatoms. The zero-order chi connectivity index (χ0) is 14.4. The average Bonchev–Trinajstić information content (AvgIpc) is 2.48. The van der Waals surface area contributed by atoms with Crippen LogP contribution in [-0.2, 0) is 6.42 Å². The SMILES string of the molecule is Cc1ccc(CCC(C#N)Oc2ccccc2)cc1C. The molecule has 1 atom stereocenters. The van der Waals surface area contributed by atoms with Gasteiger partial charge in [0, 0.05) is 6.42 Å². The highest BCUT2D eigenvalue weighted by atomic mass is 16.5. The van der Waals surface area contributed by atoms with Crippen molar-refractivity contribution in [2.75, 3.05) is 0 Å². The summed E-state index contributed by atoms with van der Waals surface area (Å²) in [6, 6.07) is 18.2. The lowest BCUT2D eigenvalue weighted by molar-refractivity contribution is 0.245. The Hall–Kier alpha value is -2.27. The molecule has 20 heavy (non-hydrogen) atoms.